The summed E-state index contributed by atoms with van der Waals surface area (Å²) in [4.78, 5) is 27.2. The van der Waals surface area contributed by atoms with Crippen molar-refractivity contribution in [3.8, 4) is 5.69 Å². The molecular weight excluding hydrogens is 390 g/mol. The summed E-state index contributed by atoms with van der Waals surface area (Å²) in [5.41, 5.74) is 2.05. The van der Waals surface area contributed by atoms with E-state index in [1.165, 1.54) is 4.68 Å². The Bertz CT molecular complexity index is 1000. The van der Waals surface area contributed by atoms with Gasteiger partial charge in [-0.2, -0.15) is 5.10 Å². The summed E-state index contributed by atoms with van der Waals surface area (Å²) < 4.78 is 6.92. The second kappa shape index (κ2) is 8.92. The fourth-order valence-electron chi connectivity index (χ4n) is 3.03. The van der Waals surface area contributed by atoms with Crippen LogP contribution in [0.1, 0.15) is 29.9 Å². The van der Waals surface area contributed by atoms with Crippen molar-refractivity contribution in [1.29, 1.82) is 0 Å². The summed E-state index contributed by atoms with van der Waals surface area (Å²) in [7, 11) is 0. The lowest BCUT2D eigenvalue weighted by Gasteiger charge is -2.24. The van der Waals surface area contributed by atoms with E-state index in [0.717, 1.165) is 11.4 Å². The number of esters is 1. The molecule has 0 fully saturated rings. The van der Waals surface area contributed by atoms with Gasteiger partial charge in [0.2, 0.25) is 0 Å². The van der Waals surface area contributed by atoms with Gasteiger partial charge in [-0.3, -0.25) is 4.79 Å². The van der Waals surface area contributed by atoms with E-state index in [-0.39, 0.29) is 16.6 Å². The zero-order valence-electron chi connectivity index (χ0n) is 16.5. The van der Waals surface area contributed by atoms with Crippen molar-refractivity contribution in [2.45, 2.75) is 26.9 Å². The van der Waals surface area contributed by atoms with Crippen LogP contribution in [0.25, 0.3) is 5.69 Å². The van der Waals surface area contributed by atoms with Gasteiger partial charge >= 0.3 is 5.97 Å². The average Bonchev–Trinajstić information content (AvgIpc) is 3.04. The summed E-state index contributed by atoms with van der Waals surface area (Å²) in [5.74, 6) is -0.990. The van der Waals surface area contributed by atoms with Crippen LogP contribution in [0.15, 0.2) is 60.7 Å². The second-order valence-electron chi connectivity index (χ2n) is 6.46. The first-order valence-corrected chi connectivity index (χ1v) is 9.69. The predicted molar refractivity (Wildman–Crippen MR) is 113 cm³/mol. The largest absolute Gasteiger partial charge is 0.449 e. The highest BCUT2D eigenvalue weighted by atomic mass is 35.5. The molecule has 0 bridgehead atoms. The van der Waals surface area contributed by atoms with E-state index in [0.29, 0.717) is 12.2 Å². The molecule has 1 atom stereocenters. The number of nitrogens with zero attached hydrogens (tertiary/aromatic N) is 3. The topological polar surface area (TPSA) is 64.4 Å². The summed E-state index contributed by atoms with van der Waals surface area (Å²) in [5, 5.41) is 4.49. The van der Waals surface area contributed by atoms with Crippen LogP contribution < -0.4 is 4.90 Å². The minimum atomic E-state index is -0.974. The number of anilines is 1. The van der Waals surface area contributed by atoms with E-state index in [9.17, 15) is 9.59 Å². The highest BCUT2D eigenvalue weighted by Gasteiger charge is 2.28. The van der Waals surface area contributed by atoms with Crippen molar-refractivity contribution in [3.63, 3.8) is 0 Å². The van der Waals surface area contributed by atoms with E-state index in [2.05, 4.69) is 5.10 Å². The van der Waals surface area contributed by atoms with Gasteiger partial charge < -0.3 is 9.64 Å². The van der Waals surface area contributed by atoms with Crippen LogP contribution in [-0.2, 0) is 9.53 Å². The number of halogens is 1. The van der Waals surface area contributed by atoms with Crippen LogP contribution in [0.2, 0.25) is 5.15 Å². The van der Waals surface area contributed by atoms with Crippen LogP contribution in [0.3, 0.4) is 0 Å². The maximum absolute atomic E-state index is 12.8. The van der Waals surface area contributed by atoms with Crippen molar-refractivity contribution in [1.82, 2.24) is 9.78 Å². The molecule has 6 nitrogen and oxygen atoms in total. The number of carbonyl (C=O) groups is 2. The minimum absolute atomic E-state index is 0.147. The summed E-state index contributed by atoms with van der Waals surface area (Å²) in [6, 6.07) is 18.5. The molecule has 0 unspecified atom stereocenters. The van der Waals surface area contributed by atoms with Crippen LogP contribution in [0, 0.1) is 6.92 Å². The Morgan fingerprint density at radius 1 is 1.10 bits per heavy atom. The highest BCUT2D eigenvalue weighted by Crippen LogP contribution is 2.25. The molecule has 29 heavy (non-hydrogen) atoms. The van der Waals surface area contributed by atoms with Crippen LogP contribution in [-0.4, -0.2) is 34.3 Å². The molecule has 0 aliphatic rings. The molecule has 0 aliphatic heterocycles. The van der Waals surface area contributed by atoms with Crippen molar-refractivity contribution in [3.05, 3.63) is 77.1 Å². The molecule has 0 spiro atoms. The smallest absolute Gasteiger partial charge is 0.344 e. The van der Waals surface area contributed by atoms with Gasteiger partial charge in [0.1, 0.15) is 10.7 Å². The van der Waals surface area contributed by atoms with E-state index < -0.39 is 12.1 Å². The highest BCUT2D eigenvalue weighted by molar-refractivity contribution is 6.33. The van der Waals surface area contributed by atoms with E-state index in [1.54, 1.807) is 18.7 Å². The lowest BCUT2D eigenvalue weighted by Crippen LogP contribution is -2.40. The van der Waals surface area contributed by atoms with Crippen LogP contribution >= 0.6 is 11.6 Å². The Balaban J connectivity index is 1.79. The number of ether oxygens (including phenoxy) is 1. The van der Waals surface area contributed by atoms with Crippen LogP contribution in [0.4, 0.5) is 5.69 Å². The van der Waals surface area contributed by atoms with Gasteiger partial charge in [0.05, 0.1) is 11.4 Å². The number of likely N-dealkylation sites (N-methyl/N-ethyl adjacent to an activating group) is 1. The summed E-state index contributed by atoms with van der Waals surface area (Å²) >= 11 is 6.41. The maximum atomic E-state index is 12.8. The Morgan fingerprint density at radius 3 is 2.28 bits per heavy atom. The first-order valence-electron chi connectivity index (χ1n) is 9.32. The number of benzene rings is 2. The number of aryl methyl sites for hydroxylation is 1. The third kappa shape index (κ3) is 4.32. The number of amides is 1. The summed E-state index contributed by atoms with van der Waals surface area (Å²) in [6.07, 6.45) is -0.974. The predicted octanol–water partition coefficient (Wildman–Crippen LogP) is 4.43. The van der Waals surface area contributed by atoms with Crippen molar-refractivity contribution in [2.24, 2.45) is 0 Å². The van der Waals surface area contributed by atoms with Gasteiger partial charge in [-0.1, -0.05) is 48.0 Å². The lowest BCUT2D eigenvalue weighted by atomic mass is 10.2. The molecular formula is C22H22ClN3O3. The normalized spacial score (nSPS) is 11.7. The van der Waals surface area contributed by atoms with Crippen molar-refractivity contribution < 1.29 is 14.3 Å². The molecule has 1 amide bonds. The van der Waals surface area contributed by atoms with E-state index in [4.69, 9.17) is 16.3 Å². The molecule has 0 saturated heterocycles. The number of para-hydroxylation sites is 2. The van der Waals surface area contributed by atoms with Crippen LogP contribution in [0.5, 0.6) is 0 Å². The fraction of sp³-hybridized carbons (Fsp3) is 0.227. The first kappa shape index (κ1) is 20.6. The Kier molecular flexibility index (Phi) is 6.34. The molecule has 3 rings (SSSR count). The molecule has 150 valence electrons. The van der Waals surface area contributed by atoms with Gasteiger partial charge in [0, 0.05) is 12.2 Å². The second-order valence-corrected chi connectivity index (χ2v) is 6.82. The zero-order chi connectivity index (χ0) is 21.0. The van der Waals surface area contributed by atoms with Gasteiger partial charge in [0.25, 0.3) is 5.91 Å². The Morgan fingerprint density at radius 2 is 1.69 bits per heavy atom. The monoisotopic (exact) mass is 411 g/mol. The van der Waals surface area contributed by atoms with Gasteiger partial charge in [-0.25, -0.2) is 9.48 Å². The van der Waals surface area contributed by atoms with Gasteiger partial charge in [-0.15, -0.1) is 0 Å². The number of aromatic nitrogens is 2. The first-order chi connectivity index (χ1) is 13.9. The molecule has 2 aromatic carbocycles. The number of rotatable bonds is 6. The molecule has 3 aromatic rings. The Hall–Kier alpha value is -3.12. The SMILES string of the molecule is CCN(C(=O)[C@@H](C)OC(=O)c1c(C)nn(-c2ccccc2)c1Cl)c1ccccc1. The quantitative estimate of drug-likeness (QED) is 0.563. The molecule has 0 radical (unpaired) electrons. The molecule has 0 N–H and O–H groups in total. The van der Waals surface area contributed by atoms with Crippen molar-refractivity contribution >= 4 is 29.2 Å². The molecule has 0 saturated carbocycles. The summed E-state index contributed by atoms with van der Waals surface area (Å²) in [6.45, 7) is 5.55. The zero-order valence-corrected chi connectivity index (χ0v) is 17.3. The van der Waals surface area contributed by atoms with Gasteiger partial charge in [-0.05, 0) is 45.0 Å². The van der Waals surface area contributed by atoms with Crippen molar-refractivity contribution in [2.75, 3.05) is 11.4 Å². The molecule has 1 aromatic heterocycles. The van der Waals surface area contributed by atoms with Gasteiger partial charge in [0.15, 0.2) is 6.10 Å². The number of carbonyl (C=O) groups excluding carboxylic acids is 2. The molecule has 1 heterocycles. The average molecular weight is 412 g/mol. The van der Waals surface area contributed by atoms with E-state index >= 15 is 0 Å². The fourth-order valence-corrected chi connectivity index (χ4v) is 3.38. The maximum Gasteiger partial charge on any atom is 0.344 e. The Labute approximate surface area is 174 Å². The third-order valence-corrected chi connectivity index (χ3v) is 4.84. The number of hydrogen-bond donors (Lipinski definition) is 0. The molecule has 7 heteroatoms. The standard InChI is InChI=1S/C22H22ClN3O3/c1-4-25(17-11-7-5-8-12-17)21(27)16(3)29-22(28)19-15(2)24-26(20(19)23)18-13-9-6-10-14-18/h5-14,16H,4H2,1-3H3/t16-/m1/s1. The minimum Gasteiger partial charge on any atom is -0.449 e. The van der Waals surface area contributed by atoms with E-state index in [1.807, 2.05) is 67.6 Å². The molecule has 0 aliphatic carbocycles. The lowest BCUT2D eigenvalue weighted by molar-refractivity contribution is -0.126. The third-order valence-electron chi connectivity index (χ3n) is 4.49. The number of hydrogen-bond acceptors (Lipinski definition) is 4.